The smallest absolute Gasteiger partial charge is 0.205 e. The number of carbonyl (C=O) groups is 1. The quantitative estimate of drug-likeness (QED) is 0.424. The van der Waals surface area contributed by atoms with Gasteiger partial charge in [-0.15, -0.1) is 0 Å². The zero-order chi connectivity index (χ0) is 17.8. The van der Waals surface area contributed by atoms with E-state index in [0.29, 0.717) is 23.1 Å². The Labute approximate surface area is 144 Å². The lowest BCUT2D eigenvalue weighted by Crippen LogP contribution is -2.01. The Bertz CT molecular complexity index is 995. The molecule has 3 aromatic rings. The number of hydrogen-bond donors (Lipinski definition) is 1. The maximum Gasteiger partial charge on any atom is 0.205 e. The number of nitrogens with zero attached hydrogens (tertiary/aromatic N) is 1. The predicted molar refractivity (Wildman–Crippen MR) is 93.8 cm³/mol. The van der Waals surface area contributed by atoms with Crippen LogP contribution in [0.2, 0.25) is 0 Å². The van der Waals surface area contributed by atoms with Crippen LogP contribution in [0.3, 0.4) is 0 Å². The molecule has 4 nitrogen and oxygen atoms in total. The maximum atomic E-state index is 13.3. The van der Waals surface area contributed by atoms with Gasteiger partial charge >= 0.3 is 0 Å². The van der Waals surface area contributed by atoms with Crippen molar-refractivity contribution in [2.24, 2.45) is 0 Å². The van der Waals surface area contributed by atoms with Crippen molar-refractivity contribution >= 4 is 22.8 Å². The highest BCUT2D eigenvalue weighted by Gasteiger charge is 2.17. The zero-order valence-corrected chi connectivity index (χ0v) is 13.5. The molecule has 0 atom stereocenters. The summed E-state index contributed by atoms with van der Waals surface area (Å²) >= 11 is 0. The van der Waals surface area contributed by atoms with E-state index in [1.165, 1.54) is 30.5 Å². The fourth-order valence-corrected chi connectivity index (χ4v) is 2.57. The fourth-order valence-electron chi connectivity index (χ4n) is 2.57. The highest BCUT2D eigenvalue weighted by molar-refractivity contribution is 6.19. The number of aromatic amines is 1. The average molecular weight is 334 g/mol. The first-order valence-electron chi connectivity index (χ1n) is 7.78. The van der Waals surface area contributed by atoms with E-state index in [1.807, 2.05) is 13.0 Å². The third kappa shape index (κ3) is 3.43. The molecular weight excluding hydrogens is 319 g/mol. The largest absolute Gasteiger partial charge is 0.494 e. The van der Waals surface area contributed by atoms with Crippen molar-refractivity contribution in [2.75, 3.05) is 6.61 Å². The van der Waals surface area contributed by atoms with Crippen LogP contribution in [0.25, 0.3) is 17.0 Å². The molecule has 124 valence electrons. The number of ether oxygens (including phenoxy) is 1. The minimum atomic E-state index is -0.408. The van der Waals surface area contributed by atoms with Crippen LogP contribution in [-0.4, -0.2) is 17.4 Å². The van der Waals surface area contributed by atoms with E-state index >= 15 is 0 Å². The number of rotatable bonds is 5. The van der Waals surface area contributed by atoms with Gasteiger partial charge in [0.1, 0.15) is 23.2 Å². The van der Waals surface area contributed by atoms with Crippen LogP contribution in [-0.2, 0) is 0 Å². The third-order valence-corrected chi connectivity index (χ3v) is 3.76. The lowest BCUT2D eigenvalue weighted by molar-refractivity contribution is 0.104. The second kappa shape index (κ2) is 7.02. The average Bonchev–Trinajstić information content (AvgIpc) is 3.03. The number of hydrogen-bond acceptors (Lipinski definition) is 3. The number of aromatic nitrogens is 1. The first-order valence-corrected chi connectivity index (χ1v) is 7.78. The van der Waals surface area contributed by atoms with Crippen molar-refractivity contribution in [1.82, 2.24) is 4.98 Å². The van der Waals surface area contributed by atoms with Gasteiger partial charge in [0.05, 0.1) is 6.61 Å². The minimum absolute atomic E-state index is 0.00869. The summed E-state index contributed by atoms with van der Waals surface area (Å²) in [7, 11) is 0. The molecule has 5 heteroatoms. The molecule has 1 heterocycles. The van der Waals surface area contributed by atoms with Gasteiger partial charge in [-0.1, -0.05) is 12.1 Å². The lowest BCUT2D eigenvalue weighted by atomic mass is 10.0. The summed E-state index contributed by atoms with van der Waals surface area (Å²) in [6.07, 6.45) is 3.02. The molecule has 0 amide bonds. The Morgan fingerprint density at radius 2 is 2.04 bits per heavy atom. The number of H-pyrrole nitrogens is 1. The van der Waals surface area contributed by atoms with Gasteiger partial charge in [-0.05, 0) is 48.9 Å². The SMILES string of the molecule is CCOc1ccc(C=C(C#N)C(=O)c2c[nH]c3cc(F)ccc23)cc1. The number of allylic oxidation sites excluding steroid dienone is 1. The van der Waals surface area contributed by atoms with Gasteiger partial charge in [0.15, 0.2) is 0 Å². The molecule has 0 spiro atoms. The van der Waals surface area contributed by atoms with Crippen molar-refractivity contribution in [3.8, 4) is 11.8 Å². The molecule has 0 unspecified atom stereocenters. The number of halogens is 1. The summed E-state index contributed by atoms with van der Waals surface area (Å²) < 4.78 is 18.6. The van der Waals surface area contributed by atoms with Gasteiger partial charge in [0.2, 0.25) is 5.78 Å². The van der Waals surface area contributed by atoms with Crippen LogP contribution in [0.5, 0.6) is 5.75 Å². The van der Waals surface area contributed by atoms with Crippen molar-refractivity contribution < 1.29 is 13.9 Å². The highest BCUT2D eigenvalue weighted by Crippen LogP contribution is 2.23. The molecule has 0 radical (unpaired) electrons. The summed E-state index contributed by atoms with van der Waals surface area (Å²) in [6, 6.07) is 13.2. The summed E-state index contributed by atoms with van der Waals surface area (Å²) in [5.41, 5.74) is 1.59. The van der Waals surface area contributed by atoms with Crippen LogP contribution in [0.4, 0.5) is 4.39 Å². The second-order valence-electron chi connectivity index (χ2n) is 5.39. The van der Waals surface area contributed by atoms with Crippen LogP contribution < -0.4 is 4.74 Å². The maximum absolute atomic E-state index is 13.3. The Morgan fingerprint density at radius 3 is 2.72 bits per heavy atom. The molecule has 2 aromatic carbocycles. The van der Waals surface area contributed by atoms with Crippen molar-refractivity contribution in [3.05, 3.63) is 71.2 Å². The molecule has 1 N–H and O–H groups in total. The van der Waals surface area contributed by atoms with Crippen molar-refractivity contribution in [3.63, 3.8) is 0 Å². The lowest BCUT2D eigenvalue weighted by Gasteiger charge is -2.03. The standard InChI is InChI=1S/C20H15FN2O2/c1-2-25-16-6-3-13(4-7-16)9-14(11-22)20(24)18-12-23-19-10-15(21)5-8-17(18)19/h3-10,12,23H,2H2,1H3. The van der Waals surface area contributed by atoms with Gasteiger partial charge in [0, 0.05) is 22.7 Å². The minimum Gasteiger partial charge on any atom is -0.494 e. The molecule has 3 rings (SSSR count). The van der Waals surface area contributed by atoms with Gasteiger partial charge in [-0.3, -0.25) is 4.79 Å². The van der Waals surface area contributed by atoms with E-state index in [9.17, 15) is 14.4 Å². The Balaban J connectivity index is 1.94. The van der Waals surface area contributed by atoms with E-state index in [2.05, 4.69) is 4.98 Å². The van der Waals surface area contributed by atoms with Crippen molar-refractivity contribution in [1.29, 1.82) is 5.26 Å². The second-order valence-corrected chi connectivity index (χ2v) is 5.39. The van der Waals surface area contributed by atoms with Crippen molar-refractivity contribution in [2.45, 2.75) is 6.92 Å². The number of Topliss-reactive ketones (excluding diaryl/α,β-unsaturated/α-hetero) is 1. The van der Waals surface area contributed by atoms with Crippen LogP contribution >= 0.6 is 0 Å². The van der Waals surface area contributed by atoms with E-state index in [1.54, 1.807) is 24.3 Å². The first-order chi connectivity index (χ1) is 12.1. The Hall–Kier alpha value is -3.39. The van der Waals surface area contributed by atoms with E-state index in [-0.39, 0.29) is 5.57 Å². The van der Waals surface area contributed by atoms with Gasteiger partial charge < -0.3 is 9.72 Å². The van der Waals surface area contributed by atoms with Crippen LogP contribution in [0.1, 0.15) is 22.8 Å². The van der Waals surface area contributed by atoms with E-state index in [0.717, 1.165) is 11.3 Å². The number of carbonyl (C=O) groups excluding carboxylic acids is 1. The van der Waals surface area contributed by atoms with Gasteiger partial charge in [-0.2, -0.15) is 5.26 Å². The molecule has 0 aliphatic rings. The first kappa shape index (κ1) is 16.5. The topological polar surface area (TPSA) is 65.9 Å². The number of ketones is 1. The zero-order valence-electron chi connectivity index (χ0n) is 13.5. The molecule has 0 saturated heterocycles. The molecule has 25 heavy (non-hydrogen) atoms. The molecule has 0 bridgehead atoms. The molecule has 0 aliphatic heterocycles. The normalized spacial score (nSPS) is 11.3. The number of benzene rings is 2. The van der Waals surface area contributed by atoms with Gasteiger partial charge in [0.25, 0.3) is 0 Å². The van der Waals surface area contributed by atoms with E-state index in [4.69, 9.17) is 4.74 Å². The Kier molecular flexibility index (Phi) is 4.62. The molecule has 0 fully saturated rings. The highest BCUT2D eigenvalue weighted by atomic mass is 19.1. The van der Waals surface area contributed by atoms with Gasteiger partial charge in [-0.25, -0.2) is 4.39 Å². The summed E-state index contributed by atoms with van der Waals surface area (Å²) in [5.74, 6) is -0.0730. The molecule has 1 aromatic heterocycles. The number of nitriles is 1. The number of nitrogens with one attached hydrogen (secondary N) is 1. The molecule has 0 saturated carbocycles. The van der Waals surface area contributed by atoms with Crippen LogP contribution in [0.15, 0.2) is 54.2 Å². The summed E-state index contributed by atoms with van der Waals surface area (Å²) in [5, 5.41) is 9.96. The fraction of sp³-hybridized carbons (Fsp3) is 0.100. The molecule has 0 aliphatic carbocycles. The number of fused-ring (bicyclic) bond motifs is 1. The monoisotopic (exact) mass is 334 g/mol. The summed E-state index contributed by atoms with van der Waals surface area (Å²) in [6.45, 7) is 2.46. The predicted octanol–water partition coefficient (Wildman–Crippen LogP) is 4.50. The third-order valence-electron chi connectivity index (χ3n) is 3.76. The van der Waals surface area contributed by atoms with E-state index < -0.39 is 11.6 Å². The Morgan fingerprint density at radius 1 is 1.28 bits per heavy atom. The summed E-state index contributed by atoms with van der Waals surface area (Å²) in [4.78, 5) is 15.5. The van der Waals surface area contributed by atoms with Crippen LogP contribution in [0, 0.1) is 17.1 Å². The molecular formula is C20H15FN2O2.